The van der Waals surface area contributed by atoms with Crippen molar-refractivity contribution in [2.75, 3.05) is 27.9 Å². The molecular weight excluding hydrogens is 512 g/mol. The third-order valence-electron chi connectivity index (χ3n) is 7.04. The Morgan fingerprint density at radius 3 is 2.35 bits per heavy atom. The topological polar surface area (TPSA) is 123 Å². The predicted octanol–water partition coefficient (Wildman–Crippen LogP) is 4.89. The number of amides is 1. The fourth-order valence-corrected chi connectivity index (χ4v) is 5.08. The molecule has 3 aromatic carbocycles. The van der Waals surface area contributed by atoms with Crippen LogP contribution in [0.2, 0.25) is 0 Å². The normalized spacial score (nSPS) is 11.9. The van der Waals surface area contributed by atoms with Crippen molar-refractivity contribution in [2.45, 2.75) is 18.8 Å². The van der Waals surface area contributed by atoms with Crippen LogP contribution in [0.5, 0.6) is 23.0 Å². The molecule has 2 heterocycles. The molecular formula is C31H30N2O7. The van der Waals surface area contributed by atoms with E-state index in [0.717, 1.165) is 16.5 Å². The van der Waals surface area contributed by atoms with Gasteiger partial charge in [-0.25, -0.2) is 4.79 Å². The smallest absolute Gasteiger partial charge is 0.343 e. The van der Waals surface area contributed by atoms with Crippen LogP contribution in [0.25, 0.3) is 21.9 Å². The first-order chi connectivity index (χ1) is 19.4. The van der Waals surface area contributed by atoms with Gasteiger partial charge in [0.25, 0.3) is 0 Å². The van der Waals surface area contributed by atoms with Crippen LogP contribution >= 0.6 is 0 Å². The first-order valence-corrected chi connectivity index (χ1v) is 12.8. The van der Waals surface area contributed by atoms with Crippen molar-refractivity contribution in [1.82, 2.24) is 10.3 Å². The highest BCUT2D eigenvalue weighted by Crippen LogP contribution is 2.43. The minimum Gasteiger partial charge on any atom is -0.507 e. The SMILES string of the molecule is COc1cc(C(CC(=O)NCCc2c[nH]c3ccccc23)c2c(O)c3ccccc3oc2=O)cc(OC)c1OC. The van der Waals surface area contributed by atoms with Gasteiger partial charge in [-0.2, -0.15) is 0 Å². The molecule has 0 fully saturated rings. The number of aromatic nitrogens is 1. The van der Waals surface area contributed by atoms with Gasteiger partial charge in [0.15, 0.2) is 11.5 Å². The summed E-state index contributed by atoms with van der Waals surface area (Å²) in [4.78, 5) is 29.8. The summed E-state index contributed by atoms with van der Waals surface area (Å²) in [5.74, 6) is -0.339. The van der Waals surface area contributed by atoms with Gasteiger partial charge in [0.2, 0.25) is 11.7 Å². The van der Waals surface area contributed by atoms with Gasteiger partial charge in [-0.15, -0.1) is 0 Å². The molecule has 0 saturated carbocycles. The van der Waals surface area contributed by atoms with E-state index in [1.54, 1.807) is 36.4 Å². The summed E-state index contributed by atoms with van der Waals surface area (Å²) in [6, 6.07) is 18.0. The van der Waals surface area contributed by atoms with Crippen molar-refractivity contribution in [2.24, 2.45) is 0 Å². The van der Waals surface area contributed by atoms with E-state index in [0.29, 0.717) is 41.2 Å². The van der Waals surface area contributed by atoms with Crippen LogP contribution in [0.1, 0.15) is 29.0 Å². The van der Waals surface area contributed by atoms with E-state index in [9.17, 15) is 14.7 Å². The first-order valence-electron chi connectivity index (χ1n) is 12.8. The number of benzene rings is 3. The number of fused-ring (bicyclic) bond motifs is 2. The Morgan fingerprint density at radius 2 is 1.65 bits per heavy atom. The summed E-state index contributed by atoms with van der Waals surface area (Å²) in [7, 11) is 4.45. The van der Waals surface area contributed by atoms with Crippen LogP contribution in [0.15, 0.2) is 76.1 Å². The Balaban J connectivity index is 1.49. The molecule has 5 aromatic rings. The number of carbonyl (C=O) groups excluding carboxylic acids is 1. The third kappa shape index (κ3) is 5.05. The Labute approximate surface area is 230 Å². The molecule has 1 atom stereocenters. The van der Waals surface area contributed by atoms with E-state index < -0.39 is 11.5 Å². The zero-order valence-electron chi connectivity index (χ0n) is 22.4. The van der Waals surface area contributed by atoms with E-state index in [1.807, 2.05) is 30.5 Å². The van der Waals surface area contributed by atoms with Crippen molar-refractivity contribution >= 4 is 27.8 Å². The molecule has 3 N–H and O–H groups in total. The number of aromatic hydroxyl groups is 1. The lowest BCUT2D eigenvalue weighted by molar-refractivity contribution is -0.121. The average Bonchev–Trinajstić information content (AvgIpc) is 3.38. The van der Waals surface area contributed by atoms with E-state index in [1.165, 1.54) is 21.3 Å². The fraction of sp³-hybridized carbons (Fsp3) is 0.226. The number of hydrogen-bond acceptors (Lipinski definition) is 7. The van der Waals surface area contributed by atoms with Gasteiger partial charge in [-0.05, 0) is 47.9 Å². The number of para-hydroxylation sites is 2. The van der Waals surface area contributed by atoms with Gasteiger partial charge in [-0.3, -0.25) is 4.79 Å². The first kappa shape index (κ1) is 26.7. The molecule has 0 saturated heterocycles. The third-order valence-corrected chi connectivity index (χ3v) is 7.04. The lowest BCUT2D eigenvalue weighted by Gasteiger charge is -2.21. The standard InChI is InChI=1S/C31H30N2O7/c1-37-25-14-19(15-26(38-2)30(25)39-3)22(28-29(35)21-9-5-7-11-24(21)40-31(28)36)16-27(34)32-13-12-18-17-33-23-10-6-4-8-20(18)23/h4-11,14-15,17,22,33,35H,12-13,16H2,1-3H3,(H,32,34). The lowest BCUT2D eigenvalue weighted by atomic mass is 9.87. The summed E-state index contributed by atoms with van der Waals surface area (Å²) in [6.07, 6.45) is 2.42. The van der Waals surface area contributed by atoms with Gasteiger partial charge in [0, 0.05) is 36.0 Å². The molecule has 1 unspecified atom stereocenters. The second-order valence-electron chi connectivity index (χ2n) is 9.32. The maximum absolute atomic E-state index is 13.3. The number of nitrogens with one attached hydrogen (secondary N) is 2. The van der Waals surface area contributed by atoms with E-state index >= 15 is 0 Å². The van der Waals surface area contributed by atoms with Crippen molar-refractivity contribution in [3.8, 4) is 23.0 Å². The molecule has 40 heavy (non-hydrogen) atoms. The van der Waals surface area contributed by atoms with Gasteiger partial charge in [0.1, 0.15) is 11.3 Å². The van der Waals surface area contributed by atoms with Gasteiger partial charge in [0.05, 0.1) is 32.3 Å². The van der Waals surface area contributed by atoms with Crippen LogP contribution in [0.4, 0.5) is 0 Å². The second kappa shape index (κ2) is 11.4. The zero-order chi connectivity index (χ0) is 28.2. The number of H-pyrrole nitrogens is 1. The molecule has 206 valence electrons. The largest absolute Gasteiger partial charge is 0.507 e. The van der Waals surface area contributed by atoms with Crippen LogP contribution in [-0.4, -0.2) is 43.9 Å². The van der Waals surface area contributed by atoms with Crippen molar-refractivity contribution in [3.63, 3.8) is 0 Å². The maximum Gasteiger partial charge on any atom is 0.343 e. The van der Waals surface area contributed by atoms with E-state index in [4.69, 9.17) is 18.6 Å². The molecule has 0 aliphatic rings. The predicted molar refractivity (Wildman–Crippen MR) is 152 cm³/mol. The Hall–Kier alpha value is -4.92. The highest BCUT2D eigenvalue weighted by atomic mass is 16.5. The lowest BCUT2D eigenvalue weighted by Crippen LogP contribution is -2.28. The van der Waals surface area contributed by atoms with E-state index in [2.05, 4.69) is 10.3 Å². The van der Waals surface area contributed by atoms with Gasteiger partial charge in [-0.1, -0.05) is 30.3 Å². The van der Waals surface area contributed by atoms with E-state index in [-0.39, 0.29) is 29.2 Å². The second-order valence-corrected chi connectivity index (χ2v) is 9.32. The average molecular weight is 543 g/mol. The Kier molecular flexibility index (Phi) is 7.63. The summed E-state index contributed by atoms with van der Waals surface area (Å²) >= 11 is 0. The Bertz CT molecular complexity index is 1710. The molecule has 2 aromatic heterocycles. The van der Waals surface area contributed by atoms with Crippen molar-refractivity contribution in [3.05, 3.63) is 94.0 Å². The summed E-state index contributed by atoms with van der Waals surface area (Å²) in [5, 5.41) is 15.7. The number of hydrogen-bond donors (Lipinski definition) is 3. The number of methoxy groups -OCH3 is 3. The molecule has 9 nitrogen and oxygen atoms in total. The summed E-state index contributed by atoms with van der Waals surface area (Å²) in [5.41, 5.74) is 2.12. The molecule has 9 heteroatoms. The minimum atomic E-state index is -0.873. The number of carbonyl (C=O) groups is 1. The monoisotopic (exact) mass is 542 g/mol. The highest BCUT2D eigenvalue weighted by Gasteiger charge is 2.29. The van der Waals surface area contributed by atoms with Gasteiger partial charge >= 0.3 is 5.63 Å². The molecule has 0 aliphatic carbocycles. The zero-order valence-corrected chi connectivity index (χ0v) is 22.4. The molecule has 0 radical (unpaired) electrons. The van der Waals surface area contributed by atoms with Crippen molar-refractivity contribution in [1.29, 1.82) is 0 Å². The van der Waals surface area contributed by atoms with Gasteiger partial charge < -0.3 is 34.0 Å². The highest BCUT2D eigenvalue weighted by molar-refractivity contribution is 5.86. The molecule has 0 spiro atoms. The maximum atomic E-state index is 13.3. The van der Waals surface area contributed by atoms with Crippen LogP contribution in [0.3, 0.4) is 0 Å². The molecule has 1 amide bonds. The molecule has 0 bridgehead atoms. The quantitative estimate of drug-likeness (QED) is 0.215. The number of aromatic amines is 1. The van der Waals surface area contributed by atoms with Crippen molar-refractivity contribution < 1.29 is 28.5 Å². The van der Waals surface area contributed by atoms with Crippen LogP contribution < -0.4 is 25.2 Å². The number of rotatable bonds is 10. The Morgan fingerprint density at radius 1 is 0.975 bits per heavy atom. The molecule has 0 aliphatic heterocycles. The summed E-state index contributed by atoms with van der Waals surface area (Å²) < 4.78 is 22.0. The minimum absolute atomic E-state index is 0.0280. The fourth-order valence-electron chi connectivity index (χ4n) is 5.08. The molecule has 5 rings (SSSR count). The number of ether oxygens (including phenoxy) is 3. The van der Waals surface area contributed by atoms with Crippen LogP contribution in [0, 0.1) is 0 Å². The van der Waals surface area contributed by atoms with Crippen LogP contribution in [-0.2, 0) is 11.2 Å². The summed E-state index contributed by atoms with van der Waals surface area (Å²) in [6.45, 7) is 0.390.